The number of nitrogens with one attached hydrogen (secondary N) is 1. The Labute approximate surface area is 108 Å². The van der Waals surface area contributed by atoms with Crippen LogP contribution in [-0.4, -0.2) is 22.4 Å². The lowest BCUT2D eigenvalue weighted by molar-refractivity contribution is 0.107. The van der Waals surface area contributed by atoms with Gasteiger partial charge in [0.1, 0.15) is 11.6 Å². The van der Waals surface area contributed by atoms with Crippen LogP contribution in [0.1, 0.15) is 12.5 Å². The standard InChI is InChI=1S/C12H12BrNO3/c1-3-10(15)12(2,14-11(16)17)8-5-4-6-9(13)7-8/h1,4-7,10,14-15H,2H3,(H,16,17). The number of carboxylic acid groups (broad SMARTS) is 1. The SMILES string of the molecule is C#CC(O)C(C)(NC(=O)O)c1cccc(Br)c1. The van der Waals surface area contributed by atoms with Gasteiger partial charge in [0, 0.05) is 4.47 Å². The van der Waals surface area contributed by atoms with Crippen LogP contribution < -0.4 is 5.32 Å². The molecule has 0 bridgehead atoms. The molecule has 0 aliphatic heterocycles. The molecule has 1 aromatic rings. The van der Waals surface area contributed by atoms with Gasteiger partial charge in [0.2, 0.25) is 0 Å². The van der Waals surface area contributed by atoms with E-state index in [0.717, 1.165) is 4.47 Å². The fourth-order valence-corrected chi connectivity index (χ4v) is 1.90. The van der Waals surface area contributed by atoms with E-state index in [9.17, 15) is 9.90 Å². The molecule has 0 fully saturated rings. The monoisotopic (exact) mass is 297 g/mol. The topological polar surface area (TPSA) is 69.6 Å². The number of halogens is 1. The average Bonchev–Trinajstić information content (AvgIpc) is 2.26. The second-order valence-electron chi connectivity index (χ2n) is 3.71. The lowest BCUT2D eigenvalue weighted by Gasteiger charge is -2.32. The quantitative estimate of drug-likeness (QED) is 0.747. The highest BCUT2D eigenvalue weighted by molar-refractivity contribution is 9.10. The molecule has 0 radical (unpaired) electrons. The predicted molar refractivity (Wildman–Crippen MR) is 67.5 cm³/mol. The van der Waals surface area contributed by atoms with Crippen molar-refractivity contribution in [1.29, 1.82) is 0 Å². The van der Waals surface area contributed by atoms with E-state index in [1.165, 1.54) is 6.92 Å². The number of hydrogen-bond acceptors (Lipinski definition) is 2. The molecule has 5 heteroatoms. The second kappa shape index (κ2) is 5.21. The van der Waals surface area contributed by atoms with E-state index in [2.05, 4.69) is 27.2 Å². The first-order valence-electron chi connectivity index (χ1n) is 4.81. The number of aliphatic hydroxyl groups excluding tert-OH is 1. The zero-order valence-corrected chi connectivity index (χ0v) is 10.7. The second-order valence-corrected chi connectivity index (χ2v) is 4.63. The molecule has 1 rings (SSSR count). The molecular weight excluding hydrogens is 286 g/mol. The van der Waals surface area contributed by atoms with E-state index in [4.69, 9.17) is 11.5 Å². The van der Waals surface area contributed by atoms with Crippen LogP contribution in [0.25, 0.3) is 0 Å². The first-order valence-corrected chi connectivity index (χ1v) is 5.61. The van der Waals surface area contributed by atoms with Gasteiger partial charge in [0.15, 0.2) is 0 Å². The van der Waals surface area contributed by atoms with E-state index in [0.29, 0.717) is 5.56 Å². The molecule has 0 aliphatic rings. The Bertz CT molecular complexity index is 469. The predicted octanol–water partition coefficient (Wildman–Crippen LogP) is 1.93. The van der Waals surface area contributed by atoms with E-state index in [-0.39, 0.29) is 0 Å². The van der Waals surface area contributed by atoms with Crippen molar-refractivity contribution in [1.82, 2.24) is 5.32 Å². The summed E-state index contributed by atoms with van der Waals surface area (Å²) in [6.45, 7) is 1.54. The van der Waals surface area contributed by atoms with Crippen molar-refractivity contribution >= 4 is 22.0 Å². The molecule has 0 aromatic heterocycles. The summed E-state index contributed by atoms with van der Waals surface area (Å²) in [6, 6.07) is 6.94. The Hall–Kier alpha value is -1.51. The molecule has 90 valence electrons. The van der Waals surface area contributed by atoms with Crippen LogP contribution in [0.15, 0.2) is 28.7 Å². The Morgan fingerprint density at radius 3 is 2.76 bits per heavy atom. The average molecular weight is 298 g/mol. The van der Waals surface area contributed by atoms with Crippen LogP contribution in [0.5, 0.6) is 0 Å². The first kappa shape index (κ1) is 13.6. The van der Waals surface area contributed by atoms with Crippen LogP contribution in [0.2, 0.25) is 0 Å². The third kappa shape index (κ3) is 2.99. The highest BCUT2D eigenvalue weighted by Crippen LogP contribution is 2.27. The number of aliphatic hydroxyl groups is 1. The van der Waals surface area contributed by atoms with Crippen LogP contribution in [0.4, 0.5) is 4.79 Å². The molecule has 3 N–H and O–H groups in total. The van der Waals surface area contributed by atoms with Gasteiger partial charge in [-0.2, -0.15) is 0 Å². The van der Waals surface area contributed by atoms with Gasteiger partial charge in [0.25, 0.3) is 0 Å². The number of terminal acetylenes is 1. The first-order chi connectivity index (χ1) is 7.90. The zero-order valence-electron chi connectivity index (χ0n) is 9.14. The van der Waals surface area contributed by atoms with E-state index in [1.54, 1.807) is 24.3 Å². The van der Waals surface area contributed by atoms with Gasteiger partial charge < -0.3 is 15.5 Å². The highest BCUT2D eigenvalue weighted by atomic mass is 79.9. The summed E-state index contributed by atoms with van der Waals surface area (Å²) in [5, 5.41) is 20.9. The maximum Gasteiger partial charge on any atom is 0.405 e. The minimum absolute atomic E-state index is 0.583. The van der Waals surface area contributed by atoms with Gasteiger partial charge in [-0.05, 0) is 24.6 Å². The summed E-state index contributed by atoms with van der Waals surface area (Å²) >= 11 is 3.28. The van der Waals surface area contributed by atoms with Gasteiger partial charge >= 0.3 is 6.09 Å². The number of hydrogen-bond donors (Lipinski definition) is 3. The Morgan fingerprint density at radius 1 is 1.65 bits per heavy atom. The summed E-state index contributed by atoms with van der Waals surface area (Å²) in [6.07, 6.45) is 2.66. The molecule has 0 spiro atoms. The van der Waals surface area contributed by atoms with Gasteiger partial charge in [-0.25, -0.2) is 4.79 Å². The van der Waals surface area contributed by atoms with Gasteiger partial charge in [-0.1, -0.05) is 34.0 Å². The molecule has 4 nitrogen and oxygen atoms in total. The fraction of sp³-hybridized carbons (Fsp3) is 0.250. The lowest BCUT2D eigenvalue weighted by Crippen LogP contribution is -2.51. The van der Waals surface area contributed by atoms with E-state index in [1.807, 2.05) is 0 Å². The molecule has 1 aromatic carbocycles. The summed E-state index contributed by atoms with van der Waals surface area (Å²) in [4.78, 5) is 10.8. The summed E-state index contributed by atoms with van der Waals surface area (Å²) in [7, 11) is 0. The Balaban J connectivity index is 3.24. The minimum Gasteiger partial charge on any atom is -0.465 e. The van der Waals surface area contributed by atoms with Crippen LogP contribution in [0.3, 0.4) is 0 Å². The van der Waals surface area contributed by atoms with Crippen molar-refractivity contribution in [2.45, 2.75) is 18.6 Å². The molecule has 1 amide bonds. The molecule has 2 unspecified atom stereocenters. The molecular formula is C12H12BrNO3. The largest absolute Gasteiger partial charge is 0.465 e. The smallest absolute Gasteiger partial charge is 0.405 e. The zero-order chi connectivity index (χ0) is 13.1. The summed E-state index contributed by atoms with van der Waals surface area (Å²) in [5.74, 6) is 2.14. The van der Waals surface area contributed by atoms with Crippen molar-refractivity contribution in [2.75, 3.05) is 0 Å². The molecule has 0 saturated carbocycles. The maximum atomic E-state index is 10.8. The highest BCUT2D eigenvalue weighted by Gasteiger charge is 2.35. The van der Waals surface area contributed by atoms with Crippen LogP contribution in [-0.2, 0) is 5.54 Å². The normalized spacial score (nSPS) is 15.4. The number of amides is 1. The molecule has 0 aliphatic carbocycles. The lowest BCUT2D eigenvalue weighted by atomic mass is 9.86. The third-order valence-corrected chi connectivity index (χ3v) is 2.99. The summed E-state index contributed by atoms with van der Waals surface area (Å²) < 4.78 is 0.776. The van der Waals surface area contributed by atoms with Crippen molar-refractivity contribution in [2.24, 2.45) is 0 Å². The van der Waals surface area contributed by atoms with Crippen molar-refractivity contribution < 1.29 is 15.0 Å². The van der Waals surface area contributed by atoms with Crippen molar-refractivity contribution in [3.05, 3.63) is 34.3 Å². The van der Waals surface area contributed by atoms with Crippen LogP contribution in [0, 0.1) is 12.3 Å². The summed E-state index contributed by atoms with van der Waals surface area (Å²) in [5.41, 5.74) is -0.663. The van der Waals surface area contributed by atoms with Gasteiger partial charge in [-0.15, -0.1) is 6.42 Å². The van der Waals surface area contributed by atoms with E-state index < -0.39 is 17.7 Å². The number of carbonyl (C=O) groups is 1. The molecule has 17 heavy (non-hydrogen) atoms. The third-order valence-electron chi connectivity index (χ3n) is 2.50. The maximum absolute atomic E-state index is 10.8. The Kier molecular flexibility index (Phi) is 4.16. The molecule has 0 saturated heterocycles. The van der Waals surface area contributed by atoms with E-state index >= 15 is 0 Å². The molecule has 0 heterocycles. The fourth-order valence-electron chi connectivity index (χ4n) is 1.50. The molecule has 2 atom stereocenters. The van der Waals surface area contributed by atoms with Crippen molar-refractivity contribution in [3.63, 3.8) is 0 Å². The minimum atomic E-state index is -1.26. The number of rotatable bonds is 3. The van der Waals surface area contributed by atoms with Crippen molar-refractivity contribution in [3.8, 4) is 12.3 Å². The van der Waals surface area contributed by atoms with Gasteiger partial charge in [0.05, 0.1) is 0 Å². The Morgan fingerprint density at radius 2 is 2.29 bits per heavy atom. The number of benzene rings is 1. The van der Waals surface area contributed by atoms with Crippen LogP contribution >= 0.6 is 15.9 Å². The van der Waals surface area contributed by atoms with Gasteiger partial charge in [-0.3, -0.25) is 0 Å².